The summed E-state index contributed by atoms with van der Waals surface area (Å²) in [7, 11) is 0. The molecule has 0 unspecified atom stereocenters. The molecule has 0 saturated heterocycles. The second-order valence-electron chi connectivity index (χ2n) is 31.7. The lowest BCUT2D eigenvalue weighted by Gasteiger charge is -2.21. The number of furan rings is 4. The molecule has 0 radical (unpaired) electrons. The van der Waals surface area contributed by atoms with Crippen molar-refractivity contribution in [3.63, 3.8) is 0 Å². The van der Waals surface area contributed by atoms with Crippen LogP contribution in [0.3, 0.4) is 0 Å². The average Bonchev–Trinajstić information content (AvgIpc) is 1.51. The van der Waals surface area contributed by atoms with Crippen LogP contribution in [-0.4, -0.2) is 0 Å². The second kappa shape index (κ2) is 22.7. The molecule has 6 aromatic heterocycles. The Labute approximate surface area is 649 Å². The zero-order chi connectivity index (χ0) is 73.7. The highest BCUT2D eigenvalue weighted by Crippen LogP contribution is 2.58. The van der Waals surface area contributed by atoms with Crippen LogP contribution in [0.15, 0.2) is 333 Å². The summed E-state index contributed by atoms with van der Waals surface area (Å²) in [5, 5.41) is 24.1. The van der Waals surface area contributed by atoms with Crippen molar-refractivity contribution < 1.29 is 17.7 Å². The van der Waals surface area contributed by atoms with E-state index in [1.165, 1.54) is 172 Å². The fourth-order valence-corrected chi connectivity index (χ4v) is 22.8. The summed E-state index contributed by atoms with van der Waals surface area (Å²) >= 11 is 3.69. The number of fused-ring (bicyclic) bond motifs is 32. The predicted octanol–water partition coefficient (Wildman–Crippen LogP) is 31.6. The van der Waals surface area contributed by atoms with Crippen molar-refractivity contribution in [3.05, 3.63) is 338 Å². The van der Waals surface area contributed by atoms with Crippen LogP contribution >= 0.6 is 22.7 Å². The van der Waals surface area contributed by atoms with Crippen LogP contribution in [0.1, 0.15) is 49.9 Å². The van der Waals surface area contributed by atoms with Crippen LogP contribution in [0.25, 0.3) is 238 Å². The number of hydrogen-bond acceptors (Lipinski definition) is 6. The van der Waals surface area contributed by atoms with Crippen LogP contribution < -0.4 is 0 Å². The number of thiophene rings is 2. The Morgan fingerprint density at radius 1 is 0.196 bits per heavy atom. The SMILES string of the molecule is CC1(C)c2ccccc2-c2c1ccc1oc3c(-c4c5ccccc5c(-c5ccc6c(c5)oc5ccc7sc8ccccc8c7c56)c5ccccc45)cccc3c21.CC1(C)c2ccccc2-c2c1ccc1oc3c(-c4c5ccccc5c(-c5cccc6c5oc5ccc7sc8ccccc8c7c56)c5ccccc45)cccc3c21. The third-order valence-electron chi connectivity index (χ3n) is 25.4. The van der Waals surface area contributed by atoms with Gasteiger partial charge in [-0.3, -0.25) is 0 Å². The van der Waals surface area contributed by atoms with Gasteiger partial charge in [0.2, 0.25) is 0 Å². The molecular formula is C106H64O4S2. The van der Waals surface area contributed by atoms with Gasteiger partial charge in [-0.2, -0.15) is 0 Å². The van der Waals surface area contributed by atoms with E-state index in [-0.39, 0.29) is 10.8 Å². The van der Waals surface area contributed by atoms with Gasteiger partial charge >= 0.3 is 0 Å². The Bertz CT molecular complexity index is 8230. The molecule has 26 rings (SSSR count). The van der Waals surface area contributed by atoms with Crippen molar-refractivity contribution >= 4 is 194 Å². The van der Waals surface area contributed by atoms with Crippen molar-refractivity contribution in [1.82, 2.24) is 0 Å². The molecule has 2 aliphatic carbocycles. The minimum atomic E-state index is -0.0875. The fourth-order valence-electron chi connectivity index (χ4n) is 20.5. The monoisotopic (exact) mass is 1460 g/mol. The third kappa shape index (κ3) is 8.34. The molecule has 524 valence electrons. The first-order chi connectivity index (χ1) is 55.1. The molecule has 0 fully saturated rings. The van der Waals surface area contributed by atoms with Crippen LogP contribution in [0.4, 0.5) is 0 Å². The maximum absolute atomic E-state index is 7.00. The highest BCUT2D eigenvalue weighted by atomic mass is 32.1. The molecule has 18 aromatic carbocycles. The Morgan fingerprint density at radius 3 is 0.946 bits per heavy atom. The van der Waals surface area contributed by atoms with E-state index in [2.05, 4.69) is 343 Å². The fraction of sp³-hybridized carbons (Fsp3) is 0.0566. The molecule has 0 atom stereocenters. The molecule has 0 saturated carbocycles. The summed E-state index contributed by atoms with van der Waals surface area (Å²) in [6.07, 6.45) is 0. The molecule has 2 aliphatic rings. The molecule has 0 spiro atoms. The van der Waals surface area contributed by atoms with Crippen molar-refractivity contribution in [2.24, 2.45) is 0 Å². The molecule has 6 heteroatoms. The van der Waals surface area contributed by atoms with Gasteiger partial charge in [0.15, 0.2) is 0 Å². The standard InChI is InChI=1S/2C53H32O2S/c1-53(2)39-23-9-7-17-33(39)47-40(53)25-26-41-48(47)37-21-11-19-35(51(37)54-41)45-29-13-3-5-15-31(29)46(32-16-6-4-14-30(32)45)36-20-12-22-38-49-42(55-52(36)38)27-28-44-50(49)34-18-8-10-24-43(34)56-44;1-53(2)39-20-9-7-16-34(39)48-40(53)24-25-42-50(48)38-19-11-18-37(52(38)55-42)47-32-14-5-3-12-30(32)46(31-13-4-6-15-33(31)47)29-22-23-35-43(28-29)54-41-26-27-45-51(49(35)41)36-17-8-10-21-44(36)56-45/h2*3-28H,1-2H3. The van der Waals surface area contributed by atoms with Crippen molar-refractivity contribution in [2.45, 2.75) is 38.5 Å². The normalized spacial score (nSPS) is 13.7. The summed E-state index contributed by atoms with van der Waals surface area (Å²) < 4.78 is 32.8. The van der Waals surface area contributed by atoms with Gasteiger partial charge in [-0.05, 0) is 159 Å². The van der Waals surface area contributed by atoms with Crippen LogP contribution in [0.2, 0.25) is 0 Å². The molecule has 0 N–H and O–H groups in total. The second-order valence-corrected chi connectivity index (χ2v) is 33.9. The maximum Gasteiger partial charge on any atom is 0.143 e. The zero-order valence-electron chi connectivity index (χ0n) is 61.5. The van der Waals surface area contributed by atoms with Gasteiger partial charge in [-0.1, -0.05) is 282 Å². The van der Waals surface area contributed by atoms with E-state index < -0.39 is 0 Å². The highest BCUT2D eigenvalue weighted by molar-refractivity contribution is 7.26. The van der Waals surface area contributed by atoms with E-state index in [1.54, 1.807) is 0 Å². The Hall–Kier alpha value is -13.4. The van der Waals surface area contributed by atoms with Crippen molar-refractivity contribution in [1.29, 1.82) is 0 Å². The van der Waals surface area contributed by atoms with Gasteiger partial charge in [0.1, 0.15) is 44.7 Å². The van der Waals surface area contributed by atoms with E-state index in [4.69, 9.17) is 17.7 Å². The summed E-state index contributed by atoms with van der Waals surface area (Å²) in [6, 6.07) is 115. The summed E-state index contributed by atoms with van der Waals surface area (Å²) in [5.41, 5.74) is 27.1. The third-order valence-corrected chi connectivity index (χ3v) is 27.6. The van der Waals surface area contributed by atoms with Gasteiger partial charge in [-0.15, -0.1) is 22.7 Å². The molecule has 0 amide bonds. The van der Waals surface area contributed by atoms with Crippen molar-refractivity contribution in [3.8, 4) is 66.8 Å². The summed E-state index contributed by atoms with van der Waals surface area (Å²) in [4.78, 5) is 0. The minimum Gasteiger partial charge on any atom is -0.456 e. The smallest absolute Gasteiger partial charge is 0.143 e. The summed E-state index contributed by atoms with van der Waals surface area (Å²) in [5.74, 6) is 0. The molecular weight excluding hydrogens is 1400 g/mol. The summed E-state index contributed by atoms with van der Waals surface area (Å²) in [6.45, 7) is 9.36. The number of para-hydroxylation sites is 3. The largest absolute Gasteiger partial charge is 0.456 e. The highest BCUT2D eigenvalue weighted by Gasteiger charge is 2.40. The van der Waals surface area contributed by atoms with Gasteiger partial charge in [0, 0.05) is 128 Å². The maximum atomic E-state index is 7.00. The first-order valence-corrected chi connectivity index (χ1v) is 40.3. The molecule has 4 nitrogen and oxygen atoms in total. The topological polar surface area (TPSA) is 52.6 Å². The van der Waals surface area contributed by atoms with E-state index in [1.807, 2.05) is 22.7 Å². The van der Waals surface area contributed by atoms with Crippen LogP contribution in [-0.2, 0) is 10.8 Å². The molecule has 6 heterocycles. The van der Waals surface area contributed by atoms with E-state index in [9.17, 15) is 0 Å². The first kappa shape index (κ1) is 62.5. The van der Waals surface area contributed by atoms with E-state index in [0.717, 1.165) is 88.5 Å². The van der Waals surface area contributed by atoms with E-state index in [0.29, 0.717) is 0 Å². The lowest BCUT2D eigenvalue weighted by atomic mass is 9.82. The number of benzene rings is 18. The number of rotatable bonds is 4. The molecule has 0 aliphatic heterocycles. The predicted molar refractivity (Wildman–Crippen MR) is 475 cm³/mol. The van der Waals surface area contributed by atoms with Gasteiger partial charge < -0.3 is 17.7 Å². The molecule has 24 aromatic rings. The Morgan fingerprint density at radius 2 is 0.518 bits per heavy atom. The van der Waals surface area contributed by atoms with Gasteiger partial charge in [0.05, 0.1) is 0 Å². The minimum absolute atomic E-state index is 0.0839. The molecule has 0 bridgehead atoms. The Kier molecular flexibility index (Phi) is 12.6. The lowest BCUT2D eigenvalue weighted by Crippen LogP contribution is -2.14. The van der Waals surface area contributed by atoms with Crippen LogP contribution in [0.5, 0.6) is 0 Å². The molecule has 112 heavy (non-hydrogen) atoms. The Balaban J connectivity index is 0.000000127. The average molecular weight is 1470 g/mol. The van der Waals surface area contributed by atoms with E-state index >= 15 is 0 Å². The van der Waals surface area contributed by atoms with Crippen molar-refractivity contribution in [2.75, 3.05) is 0 Å². The first-order valence-electron chi connectivity index (χ1n) is 38.7. The lowest BCUT2D eigenvalue weighted by molar-refractivity contribution is 0.656. The number of hydrogen-bond donors (Lipinski definition) is 0. The van der Waals surface area contributed by atoms with Gasteiger partial charge in [0.25, 0.3) is 0 Å². The zero-order valence-corrected chi connectivity index (χ0v) is 63.1. The quantitative estimate of drug-likeness (QED) is 0.165. The van der Waals surface area contributed by atoms with Crippen LogP contribution in [0, 0.1) is 0 Å². The van der Waals surface area contributed by atoms with Gasteiger partial charge in [-0.25, -0.2) is 0 Å².